The molecule has 0 saturated heterocycles. The van der Waals surface area contributed by atoms with Crippen molar-refractivity contribution in [2.45, 2.75) is 38.2 Å². The number of ether oxygens (including phenoxy) is 1. The van der Waals surface area contributed by atoms with Crippen LogP contribution in [0.25, 0.3) is 0 Å². The number of Topliss-reactive ketones (excluding diaryl/α,β-unsaturated/α-hetero) is 1. The Balaban J connectivity index is 2.04. The van der Waals surface area contributed by atoms with E-state index in [0.29, 0.717) is 25.0 Å². The normalized spacial score (nSPS) is 20.3. The van der Waals surface area contributed by atoms with Crippen LogP contribution in [0.5, 0.6) is 5.75 Å². The Morgan fingerprint density at radius 1 is 1.35 bits per heavy atom. The smallest absolute Gasteiger partial charge is 0.136 e. The van der Waals surface area contributed by atoms with Crippen LogP contribution in [-0.2, 0) is 11.2 Å². The maximum absolute atomic E-state index is 11.4. The zero-order valence-corrected chi connectivity index (χ0v) is 9.89. The van der Waals surface area contributed by atoms with Crippen LogP contribution in [0.3, 0.4) is 0 Å². The van der Waals surface area contributed by atoms with Gasteiger partial charge in [0.25, 0.3) is 0 Å². The molecular weight excluding hydrogens is 216 g/mol. The first-order valence-electron chi connectivity index (χ1n) is 6.16. The molecule has 3 heteroatoms. The van der Waals surface area contributed by atoms with Gasteiger partial charge in [0, 0.05) is 19.4 Å². The van der Waals surface area contributed by atoms with E-state index in [0.717, 1.165) is 24.2 Å². The molecule has 1 aromatic carbocycles. The number of aliphatic hydroxyl groups is 1. The van der Waals surface area contributed by atoms with Gasteiger partial charge in [-0.2, -0.15) is 0 Å². The van der Waals surface area contributed by atoms with Gasteiger partial charge in [0.05, 0.1) is 0 Å². The third-order valence-corrected chi connectivity index (χ3v) is 3.08. The number of hydrogen-bond acceptors (Lipinski definition) is 3. The van der Waals surface area contributed by atoms with Crippen LogP contribution in [-0.4, -0.2) is 23.6 Å². The van der Waals surface area contributed by atoms with E-state index in [9.17, 15) is 4.79 Å². The Morgan fingerprint density at radius 2 is 2.18 bits per heavy atom. The molecule has 1 aromatic rings. The van der Waals surface area contributed by atoms with Crippen molar-refractivity contribution < 1.29 is 14.6 Å². The molecule has 3 nitrogen and oxygen atoms in total. The van der Waals surface area contributed by atoms with Crippen LogP contribution >= 0.6 is 0 Å². The summed E-state index contributed by atoms with van der Waals surface area (Å²) in [4.78, 5) is 11.4. The highest BCUT2D eigenvalue weighted by atomic mass is 16.5. The number of benzene rings is 1. The van der Waals surface area contributed by atoms with Crippen molar-refractivity contribution in [3.8, 4) is 5.75 Å². The Bertz CT molecular complexity index is 387. The van der Waals surface area contributed by atoms with Crippen molar-refractivity contribution in [2.75, 3.05) is 6.61 Å². The lowest BCUT2D eigenvalue weighted by atomic mass is 9.96. The monoisotopic (exact) mass is 234 g/mol. The first-order chi connectivity index (χ1) is 8.29. The van der Waals surface area contributed by atoms with Gasteiger partial charge in [-0.25, -0.2) is 0 Å². The van der Waals surface area contributed by atoms with Gasteiger partial charge in [0.1, 0.15) is 17.6 Å². The number of para-hydroxylation sites is 1. The molecule has 0 radical (unpaired) electrons. The molecule has 1 N–H and O–H groups in total. The summed E-state index contributed by atoms with van der Waals surface area (Å²) in [5.74, 6) is 1.10. The van der Waals surface area contributed by atoms with Crippen molar-refractivity contribution in [1.29, 1.82) is 0 Å². The third-order valence-electron chi connectivity index (χ3n) is 3.08. The summed E-state index contributed by atoms with van der Waals surface area (Å²) >= 11 is 0. The molecule has 0 heterocycles. The van der Waals surface area contributed by atoms with Crippen molar-refractivity contribution >= 4 is 5.78 Å². The minimum Gasteiger partial charge on any atom is -0.490 e. The molecule has 1 saturated carbocycles. The van der Waals surface area contributed by atoms with Gasteiger partial charge in [-0.05, 0) is 30.9 Å². The van der Waals surface area contributed by atoms with Crippen molar-refractivity contribution in [3.05, 3.63) is 29.8 Å². The van der Waals surface area contributed by atoms with E-state index in [1.165, 1.54) is 0 Å². The topological polar surface area (TPSA) is 46.5 Å². The van der Waals surface area contributed by atoms with Crippen LogP contribution in [0.4, 0.5) is 0 Å². The van der Waals surface area contributed by atoms with E-state index >= 15 is 0 Å². The van der Waals surface area contributed by atoms with Gasteiger partial charge in [-0.3, -0.25) is 4.79 Å². The first-order valence-corrected chi connectivity index (χ1v) is 6.16. The molecule has 0 spiro atoms. The van der Waals surface area contributed by atoms with Crippen LogP contribution in [0, 0.1) is 0 Å². The van der Waals surface area contributed by atoms with E-state index in [1.807, 2.05) is 24.3 Å². The summed E-state index contributed by atoms with van der Waals surface area (Å²) in [6.45, 7) is 0.115. The van der Waals surface area contributed by atoms with Crippen LogP contribution in [0.1, 0.15) is 31.2 Å². The number of aliphatic hydroxyl groups excluding tert-OH is 1. The average molecular weight is 234 g/mol. The first kappa shape index (κ1) is 12.1. The summed E-state index contributed by atoms with van der Waals surface area (Å²) in [7, 11) is 0. The van der Waals surface area contributed by atoms with Gasteiger partial charge < -0.3 is 9.84 Å². The molecular formula is C14H18O3. The van der Waals surface area contributed by atoms with E-state index in [2.05, 4.69) is 0 Å². The zero-order valence-electron chi connectivity index (χ0n) is 9.89. The summed E-state index contributed by atoms with van der Waals surface area (Å²) in [5.41, 5.74) is 1.01. The second kappa shape index (κ2) is 5.82. The largest absolute Gasteiger partial charge is 0.490 e. The minimum absolute atomic E-state index is 0.0103. The quantitative estimate of drug-likeness (QED) is 0.868. The van der Waals surface area contributed by atoms with Crippen molar-refractivity contribution in [2.24, 2.45) is 0 Å². The average Bonchev–Trinajstić information content (AvgIpc) is 2.32. The molecule has 1 aliphatic carbocycles. The maximum atomic E-state index is 11.4. The standard InChI is InChI=1S/C14H18O3/c15-9-8-11-4-1-2-7-14(11)17-13-6-3-5-12(16)10-13/h1-2,4,7,13,15H,3,5-6,8-10H2. The lowest BCUT2D eigenvalue weighted by molar-refractivity contribution is -0.122. The number of hydrogen-bond donors (Lipinski definition) is 1. The number of carbonyl (C=O) groups excluding carboxylic acids is 1. The Labute approximate surface area is 101 Å². The second-order valence-electron chi connectivity index (χ2n) is 4.46. The van der Waals surface area contributed by atoms with E-state index < -0.39 is 0 Å². The summed E-state index contributed by atoms with van der Waals surface area (Å²) in [6, 6.07) is 7.71. The molecule has 92 valence electrons. The van der Waals surface area contributed by atoms with Crippen LogP contribution < -0.4 is 4.74 Å². The lowest BCUT2D eigenvalue weighted by Crippen LogP contribution is -2.25. The summed E-state index contributed by atoms with van der Waals surface area (Å²) in [6.07, 6.45) is 3.68. The SMILES string of the molecule is O=C1CCCC(Oc2ccccc2CCO)C1. The van der Waals surface area contributed by atoms with Crippen molar-refractivity contribution in [1.82, 2.24) is 0 Å². The fraction of sp³-hybridized carbons (Fsp3) is 0.500. The lowest BCUT2D eigenvalue weighted by Gasteiger charge is -2.23. The number of rotatable bonds is 4. The summed E-state index contributed by atoms with van der Waals surface area (Å²) in [5, 5.41) is 8.98. The van der Waals surface area contributed by atoms with Crippen molar-refractivity contribution in [3.63, 3.8) is 0 Å². The zero-order chi connectivity index (χ0) is 12.1. The van der Waals surface area contributed by atoms with E-state index in [4.69, 9.17) is 9.84 Å². The molecule has 1 fully saturated rings. The maximum Gasteiger partial charge on any atom is 0.136 e. The van der Waals surface area contributed by atoms with Gasteiger partial charge in [0.2, 0.25) is 0 Å². The molecule has 1 unspecified atom stereocenters. The third kappa shape index (κ3) is 3.30. The Hall–Kier alpha value is -1.35. The predicted octanol–water partition coefficient (Wildman–Crippen LogP) is 2.11. The molecule has 2 rings (SSSR count). The van der Waals surface area contributed by atoms with Gasteiger partial charge in [-0.1, -0.05) is 18.2 Å². The highest BCUT2D eigenvalue weighted by Crippen LogP contribution is 2.24. The number of carbonyl (C=O) groups is 1. The van der Waals surface area contributed by atoms with Crippen LogP contribution in [0.15, 0.2) is 24.3 Å². The molecule has 0 aromatic heterocycles. The highest BCUT2D eigenvalue weighted by Gasteiger charge is 2.21. The van der Waals surface area contributed by atoms with Gasteiger partial charge in [-0.15, -0.1) is 0 Å². The summed E-state index contributed by atoms with van der Waals surface area (Å²) < 4.78 is 5.88. The fourth-order valence-corrected chi connectivity index (χ4v) is 2.21. The van der Waals surface area contributed by atoms with E-state index in [-0.39, 0.29) is 12.7 Å². The Kier molecular flexibility index (Phi) is 4.15. The molecule has 0 aliphatic heterocycles. The molecule has 1 aliphatic rings. The second-order valence-corrected chi connectivity index (χ2v) is 4.46. The minimum atomic E-state index is 0.0103. The van der Waals surface area contributed by atoms with E-state index in [1.54, 1.807) is 0 Å². The fourth-order valence-electron chi connectivity index (χ4n) is 2.21. The molecule has 0 bridgehead atoms. The highest BCUT2D eigenvalue weighted by molar-refractivity contribution is 5.79. The van der Waals surface area contributed by atoms with Gasteiger partial charge in [0.15, 0.2) is 0 Å². The Morgan fingerprint density at radius 3 is 2.94 bits per heavy atom. The number of ketones is 1. The molecule has 0 amide bonds. The molecule has 1 atom stereocenters. The van der Waals surface area contributed by atoms with Crippen LogP contribution in [0.2, 0.25) is 0 Å². The molecule has 17 heavy (non-hydrogen) atoms. The predicted molar refractivity (Wildman–Crippen MR) is 65.1 cm³/mol. The van der Waals surface area contributed by atoms with Gasteiger partial charge >= 0.3 is 0 Å².